The molecule has 11 aromatic rings. The van der Waals surface area contributed by atoms with Crippen molar-refractivity contribution in [2.45, 2.75) is 0 Å². The van der Waals surface area contributed by atoms with Crippen LogP contribution in [0.2, 0.25) is 0 Å². The number of hydrogen-bond acceptors (Lipinski definition) is 6. The van der Waals surface area contributed by atoms with Gasteiger partial charge < -0.3 is 0 Å². The Morgan fingerprint density at radius 1 is 0.294 bits per heavy atom. The molecule has 0 bridgehead atoms. The van der Waals surface area contributed by atoms with Gasteiger partial charge in [0.1, 0.15) is 0 Å². The van der Waals surface area contributed by atoms with E-state index >= 15 is 0 Å². The van der Waals surface area contributed by atoms with E-state index in [2.05, 4.69) is 152 Å². The van der Waals surface area contributed by atoms with E-state index in [1.807, 2.05) is 34.0 Å². The summed E-state index contributed by atoms with van der Waals surface area (Å²) in [6.45, 7) is 0. The van der Waals surface area contributed by atoms with Gasteiger partial charge in [0.25, 0.3) is 0 Å². The Kier molecular flexibility index (Phi) is 6.46. The van der Waals surface area contributed by atoms with Crippen LogP contribution in [0.4, 0.5) is 0 Å². The summed E-state index contributed by atoms with van der Waals surface area (Å²) >= 11 is 5.44. The van der Waals surface area contributed by atoms with Gasteiger partial charge in [-0.3, -0.25) is 0 Å². The van der Waals surface area contributed by atoms with Gasteiger partial charge in [-0.1, -0.05) is 115 Å². The van der Waals surface area contributed by atoms with E-state index in [9.17, 15) is 0 Å². The van der Waals surface area contributed by atoms with E-state index in [1.54, 1.807) is 0 Å². The topological polar surface area (TPSA) is 38.7 Å². The van der Waals surface area contributed by atoms with Crippen LogP contribution in [-0.4, -0.2) is 15.0 Å². The predicted molar refractivity (Wildman–Crippen MR) is 220 cm³/mol. The molecular formula is C45H25N3S3. The smallest absolute Gasteiger partial charge is 0.164 e. The fourth-order valence-electron chi connectivity index (χ4n) is 7.32. The molecule has 3 nitrogen and oxygen atoms in total. The lowest BCUT2D eigenvalue weighted by Gasteiger charge is -2.09. The van der Waals surface area contributed by atoms with Crippen molar-refractivity contribution in [2.75, 3.05) is 0 Å². The summed E-state index contributed by atoms with van der Waals surface area (Å²) < 4.78 is 7.51. The molecule has 4 aromatic heterocycles. The molecule has 0 atom stereocenters. The Bertz CT molecular complexity index is 3020. The second-order valence-electron chi connectivity index (χ2n) is 12.8. The fraction of sp³-hybridized carbons (Fsp3) is 0. The van der Waals surface area contributed by atoms with Crippen molar-refractivity contribution in [3.05, 3.63) is 152 Å². The van der Waals surface area contributed by atoms with E-state index in [4.69, 9.17) is 15.0 Å². The first-order chi connectivity index (χ1) is 25.2. The molecule has 0 radical (unpaired) electrons. The zero-order valence-corrected chi connectivity index (χ0v) is 29.4. The average Bonchev–Trinajstić information content (AvgIpc) is 3.88. The normalized spacial score (nSPS) is 11.9. The molecule has 0 amide bonds. The third kappa shape index (κ3) is 4.72. The molecule has 0 aliphatic carbocycles. The van der Waals surface area contributed by atoms with E-state index < -0.39 is 0 Å². The van der Waals surface area contributed by atoms with Crippen LogP contribution in [0.3, 0.4) is 0 Å². The lowest BCUT2D eigenvalue weighted by atomic mass is 9.99. The number of fused-ring (bicyclic) bond motifs is 9. The van der Waals surface area contributed by atoms with Crippen molar-refractivity contribution in [3.8, 4) is 45.3 Å². The predicted octanol–water partition coefficient (Wildman–Crippen LogP) is 13.6. The maximum absolute atomic E-state index is 5.17. The van der Waals surface area contributed by atoms with Gasteiger partial charge in [-0.15, -0.1) is 34.0 Å². The monoisotopic (exact) mass is 703 g/mol. The Labute approximate surface area is 304 Å². The average molecular weight is 704 g/mol. The van der Waals surface area contributed by atoms with Crippen molar-refractivity contribution in [3.63, 3.8) is 0 Å². The molecule has 0 saturated heterocycles. The minimum absolute atomic E-state index is 0.672. The first kappa shape index (κ1) is 29.0. The molecular weight excluding hydrogens is 679 g/mol. The van der Waals surface area contributed by atoms with Gasteiger partial charge in [-0.2, -0.15) is 0 Å². The van der Waals surface area contributed by atoms with Gasteiger partial charge in [-0.05, 0) is 47.5 Å². The highest BCUT2D eigenvalue weighted by molar-refractivity contribution is 7.26. The molecule has 11 rings (SSSR count). The van der Waals surface area contributed by atoms with Crippen LogP contribution in [0.25, 0.3) is 106 Å². The van der Waals surface area contributed by atoms with Gasteiger partial charge in [-0.25, -0.2) is 15.0 Å². The van der Waals surface area contributed by atoms with Crippen molar-refractivity contribution in [1.29, 1.82) is 0 Å². The molecule has 7 aromatic carbocycles. The minimum Gasteiger partial charge on any atom is -0.208 e. The quantitative estimate of drug-likeness (QED) is 0.183. The van der Waals surface area contributed by atoms with Gasteiger partial charge in [0.2, 0.25) is 0 Å². The second kappa shape index (κ2) is 11.4. The molecule has 0 aliphatic heterocycles. The summed E-state index contributed by atoms with van der Waals surface area (Å²) in [5.74, 6) is 2.02. The maximum atomic E-state index is 5.17. The van der Waals surface area contributed by atoms with E-state index in [0.717, 1.165) is 16.7 Å². The van der Waals surface area contributed by atoms with Crippen LogP contribution in [0.1, 0.15) is 0 Å². The molecule has 0 N–H and O–H groups in total. The molecule has 51 heavy (non-hydrogen) atoms. The zero-order valence-electron chi connectivity index (χ0n) is 27.0. The first-order valence-corrected chi connectivity index (χ1v) is 19.3. The van der Waals surface area contributed by atoms with E-state index in [-0.39, 0.29) is 0 Å². The van der Waals surface area contributed by atoms with Crippen LogP contribution >= 0.6 is 34.0 Å². The summed E-state index contributed by atoms with van der Waals surface area (Å²) in [5, 5.41) is 7.62. The minimum atomic E-state index is 0.672. The van der Waals surface area contributed by atoms with E-state index in [1.165, 1.54) is 71.6 Å². The van der Waals surface area contributed by atoms with Crippen LogP contribution < -0.4 is 0 Å². The zero-order chi connectivity index (χ0) is 33.5. The summed E-state index contributed by atoms with van der Waals surface area (Å²) in [7, 11) is 0. The number of thiophene rings is 3. The standard InChI is InChI=1S/C45H25N3S3/c1-2-9-26(10-3-1)30-13-8-16-38-42(30)35-22-19-29(25-41(35)51-38)45-47-43(27-17-20-33-31-11-4-6-14-36(31)49-39(33)23-27)46-44(48-45)28-18-21-34-32-12-5-7-15-37(32)50-40(34)24-28/h1-25H. The van der Waals surface area contributed by atoms with Crippen LogP contribution in [0.5, 0.6) is 0 Å². The highest BCUT2D eigenvalue weighted by Crippen LogP contribution is 2.42. The number of rotatable bonds is 4. The summed E-state index contributed by atoms with van der Waals surface area (Å²) in [6.07, 6.45) is 0. The summed E-state index contributed by atoms with van der Waals surface area (Å²) in [6, 6.07) is 54.3. The Morgan fingerprint density at radius 2 is 0.725 bits per heavy atom. The first-order valence-electron chi connectivity index (χ1n) is 16.8. The van der Waals surface area contributed by atoms with Gasteiger partial charge in [0, 0.05) is 77.2 Å². The Balaban J connectivity index is 1.10. The fourth-order valence-corrected chi connectivity index (χ4v) is 10.8. The van der Waals surface area contributed by atoms with Crippen LogP contribution in [0, 0.1) is 0 Å². The third-order valence-corrected chi connectivity index (χ3v) is 13.1. The van der Waals surface area contributed by atoms with Gasteiger partial charge in [0.15, 0.2) is 17.5 Å². The Hall–Kier alpha value is -5.79. The number of nitrogens with zero attached hydrogens (tertiary/aromatic N) is 3. The number of aromatic nitrogens is 3. The number of benzene rings is 7. The van der Waals surface area contributed by atoms with E-state index in [0.29, 0.717) is 17.5 Å². The van der Waals surface area contributed by atoms with Gasteiger partial charge in [0.05, 0.1) is 0 Å². The summed E-state index contributed by atoms with van der Waals surface area (Å²) in [4.78, 5) is 15.5. The molecule has 0 spiro atoms. The number of hydrogen-bond donors (Lipinski definition) is 0. The molecule has 6 heteroatoms. The molecule has 0 fully saturated rings. The SMILES string of the molecule is c1ccc(-c2cccc3sc4cc(-c5nc(-c6ccc7c(c6)sc6ccccc67)nc(-c6ccc7c(c6)sc6ccccc67)n5)ccc4c23)cc1. The van der Waals surface area contributed by atoms with Crippen LogP contribution in [-0.2, 0) is 0 Å². The van der Waals surface area contributed by atoms with Crippen molar-refractivity contribution < 1.29 is 0 Å². The lowest BCUT2D eigenvalue weighted by molar-refractivity contribution is 1.08. The third-order valence-electron chi connectivity index (χ3n) is 9.75. The molecule has 238 valence electrons. The summed E-state index contributed by atoms with van der Waals surface area (Å²) in [5.41, 5.74) is 5.43. The van der Waals surface area contributed by atoms with Crippen LogP contribution in [0.15, 0.2) is 152 Å². The molecule has 4 heterocycles. The maximum Gasteiger partial charge on any atom is 0.164 e. The van der Waals surface area contributed by atoms with Crippen molar-refractivity contribution in [2.24, 2.45) is 0 Å². The molecule has 0 aliphatic rings. The largest absolute Gasteiger partial charge is 0.208 e. The highest BCUT2D eigenvalue weighted by Gasteiger charge is 2.17. The van der Waals surface area contributed by atoms with Crippen molar-refractivity contribution >= 4 is 94.5 Å². The lowest BCUT2D eigenvalue weighted by Crippen LogP contribution is -2.00. The van der Waals surface area contributed by atoms with Crippen molar-refractivity contribution in [1.82, 2.24) is 15.0 Å². The second-order valence-corrected chi connectivity index (χ2v) is 16.0. The molecule has 0 unspecified atom stereocenters. The highest BCUT2D eigenvalue weighted by atomic mass is 32.1. The molecule has 0 saturated carbocycles. The van der Waals surface area contributed by atoms with Gasteiger partial charge >= 0.3 is 0 Å². The Morgan fingerprint density at radius 3 is 1.29 bits per heavy atom.